The summed E-state index contributed by atoms with van der Waals surface area (Å²) in [5.41, 5.74) is 4.07. The van der Waals surface area contributed by atoms with Crippen molar-refractivity contribution in [1.82, 2.24) is 0 Å². The van der Waals surface area contributed by atoms with E-state index in [1.807, 2.05) is 6.07 Å². The van der Waals surface area contributed by atoms with Crippen LogP contribution in [0.5, 0.6) is 0 Å². The minimum absolute atomic E-state index is 0.258. The highest BCUT2D eigenvalue weighted by atomic mass is 16.6. The molecular formula is C28H26O3. The molecule has 4 unspecified atom stereocenters. The van der Waals surface area contributed by atoms with Crippen LogP contribution in [0.15, 0.2) is 72.8 Å². The number of ether oxygens (including phenoxy) is 2. The third kappa shape index (κ3) is 2.73. The summed E-state index contributed by atoms with van der Waals surface area (Å²) in [5.74, 6) is 0.0282. The predicted molar refractivity (Wildman–Crippen MR) is 122 cm³/mol. The Balaban J connectivity index is 1.63. The van der Waals surface area contributed by atoms with Crippen LogP contribution >= 0.6 is 0 Å². The van der Waals surface area contributed by atoms with Crippen molar-refractivity contribution in [2.24, 2.45) is 5.92 Å². The van der Waals surface area contributed by atoms with Crippen LogP contribution in [0.4, 0.5) is 0 Å². The summed E-state index contributed by atoms with van der Waals surface area (Å²) in [6, 6.07) is 21.2. The summed E-state index contributed by atoms with van der Waals surface area (Å²) < 4.78 is 12.7. The van der Waals surface area contributed by atoms with Gasteiger partial charge in [-0.3, -0.25) is 0 Å². The van der Waals surface area contributed by atoms with Gasteiger partial charge in [0.05, 0.1) is 12.2 Å². The number of hydrogen-bond acceptors (Lipinski definition) is 3. The highest BCUT2D eigenvalue weighted by Crippen LogP contribution is 2.55. The van der Waals surface area contributed by atoms with Crippen LogP contribution in [0.3, 0.4) is 0 Å². The Morgan fingerprint density at radius 3 is 2.52 bits per heavy atom. The molecule has 1 aliphatic carbocycles. The largest absolute Gasteiger partial charge is 0.446 e. The summed E-state index contributed by atoms with van der Waals surface area (Å²) in [5, 5.41) is 2.35. The molecule has 0 radical (unpaired) electrons. The molecule has 2 bridgehead atoms. The average molecular weight is 411 g/mol. The molecule has 3 aliphatic rings. The molecule has 0 aromatic heterocycles. The molecule has 0 amide bonds. The molecule has 2 aliphatic heterocycles. The van der Waals surface area contributed by atoms with E-state index in [1.165, 1.54) is 16.3 Å². The third-order valence-corrected chi connectivity index (χ3v) is 7.39. The summed E-state index contributed by atoms with van der Waals surface area (Å²) >= 11 is 0. The Morgan fingerprint density at radius 1 is 1.03 bits per heavy atom. The number of rotatable bonds is 4. The molecule has 3 aromatic carbocycles. The van der Waals surface area contributed by atoms with Crippen LogP contribution in [-0.4, -0.2) is 18.2 Å². The lowest BCUT2D eigenvalue weighted by molar-refractivity contribution is -0.153. The van der Waals surface area contributed by atoms with Crippen LogP contribution in [-0.2, 0) is 19.9 Å². The highest BCUT2D eigenvalue weighted by Gasteiger charge is 2.50. The Kier molecular flexibility index (Phi) is 4.13. The van der Waals surface area contributed by atoms with Crippen LogP contribution in [0.25, 0.3) is 21.9 Å². The van der Waals surface area contributed by atoms with Gasteiger partial charge in [0, 0.05) is 23.1 Å². The molecule has 3 heteroatoms. The number of carbonyl (C=O) groups excluding carboxylic acids is 1. The maximum absolute atomic E-state index is 13.0. The van der Waals surface area contributed by atoms with Crippen molar-refractivity contribution >= 4 is 16.7 Å². The Morgan fingerprint density at radius 2 is 1.77 bits per heavy atom. The molecule has 2 heterocycles. The van der Waals surface area contributed by atoms with E-state index in [2.05, 4.69) is 61.2 Å². The first-order valence-electron chi connectivity index (χ1n) is 11.2. The van der Waals surface area contributed by atoms with Crippen LogP contribution in [0, 0.1) is 5.92 Å². The zero-order chi connectivity index (χ0) is 21.2. The van der Waals surface area contributed by atoms with E-state index in [-0.39, 0.29) is 12.1 Å². The van der Waals surface area contributed by atoms with Gasteiger partial charge in [-0.1, -0.05) is 67.2 Å². The third-order valence-electron chi connectivity index (χ3n) is 7.39. The summed E-state index contributed by atoms with van der Waals surface area (Å²) in [4.78, 5) is 13.0. The first kappa shape index (κ1) is 18.8. The molecule has 3 aromatic rings. The summed E-state index contributed by atoms with van der Waals surface area (Å²) in [6.45, 7) is 5.59. The van der Waals surface area contributed by atoms with Gasteiger partial charge in [0.15, 0.2) is 5.60 Å². The lowest BCUT2D eigenvalue weighted by Crippen LogP contribution is -2.40. The minimum atomic E-state index is -0.848. The van der Waals surface area contributed by atoms with Gasteiger partial charge >= 0.3 is 5.97 Å². The van der Waals surface area contributed by atoms with Gasteiger partial charge in [-0.05, 0) is 54.0 Å². The van der Waals surface area contributed by atoms with E-state index >= 15 is 0 Å². The van der Waals surface area contributed by atoms with Crippen molar-refractivity contribution in [2.75, 3.05) is 0 Å². The molecule has 0 spiro atoms. The second kappa shape index (κ2) is 6.80. The number of esters is 1. The quantitative estimate of drug-likeness (QED) is 0.383. The molecule has 6 rings (SSSR count). The van der Waals surface area contributed by atoms with Crippen LogP contribution < -0.4 is 0 Å². The van der Waals surface area contributed by atoms with E-state index in [4.69, 9.17) is 9.47 Å². The fourth-order valence-corrected chi connectivity index (χ4v) is 6.06. The summed E-state index contributed by atoms with van der Waals surface area (Å²) in [6.07, 6.45) is 4.63. The second-order valence-electron chi connectivity index (χ2n) is 9.33. The Bertz CT molecular complexity index is 1220. The monoisotopic (exact) mass is 410 g/mol. The zero-order valence-electron chi connectivity index (χ0n) is 17.8. The zero-order valence-corrected chi connectivity index (χ0v) is 17.8. The van der Waals surface area contributed by atoms with Gasteiger partial charge in [0.25, 0.3) is 0 Å². The molecular weight excluding hydrogens is 384 g/mol. The van der Waals surface area contributed by atoms with E-state index in [9.17, 15) is 4.79 Å². The van der Waals surface area contributed by atoms with Crippen LogP contribution in [0.2, 0.25) is 0 Å². The molecule has 0 N–H and O–H groups in total. The Hall–Kier alpha value is -2.91. The van der Waals surface area contributed by atoms with Gasteiger partial charge in [-0.2, -0.15) is 0 Å². The van der Waals surface area contributed by atoms with Crippen LogP contribution in [0.1, 0.15) is 43.7 Å². The predicted octanol–water partition coefficient (Wildman–Crippen LogP) is 6.14. The SMILES string of the molecule is C=C(C)C(=O)OC1(CC2CC3CCC2O3)c2ccccc2-c2cccc3cccc1c23. The van der Waals surface area contributed by atoms with Crippen molar-refractivity contribution in [3.63, 3.8) is 0 Å². The van der Waals surface area contributed by atoms with Gasteiger partial charge in [-0.15, -0.1) is 0 Å². The first-order chi connectivity index (χ1) is 15.1. The van der Waals surface area contributed by atoms with E-state index < -0.39 is 5.60 Å². The standard InChI is InChI=1S/C28H26O3/c1-17(2)27(29)31-28(16-19-15-20-13-14-25(19)30-20)23-11-4-3-9-21(23)22-10-5-7-18-8-6-12-24(28)26(18)22/h3-12,19-20,25H,1,13-16H2,2H3. The van der Waals surface area contributed by atoms with Gasteiger partial charge < -0.3 is 9.47 Å². The highest BCUT2D eigenvalue weighted by molar-refractivity contribution is 6.03. The van der Waals surface area contributed by atoms with Crippen molar-refractivity contribution in [3.8, 4) is 11.1 Å². The fraction of sp³-hybridized carbons (Fsp3) is 0.321. The smallest absolute Gasteiger partial charge is 0.334 e. The lowest BCUT2D eigenvalue weighted by atomic mass is 9.68. The van der Waals surface area contributed by atoms with Crippen molar-refractivity contribution in [3.05, 3.63) is 83.9 Å². The van der Waals surface area contributed by atoms with E-state index in [1.54, 1.807) is 6.92 Å². The minimum Gasteiger partial charge on any atom is -0.446 e. The molecule has 4 atom stereocenters. The van der Waals surface area contributed by atoms with Gasteiger partial charge in [0.1, 0.15) is 0 Å². The van der Waals surface area contributed by atoms with Crippen molar-refractivity contribution in [2.45, 2.75) is 50.4 Å². The molecule has 31 heavy (non-hydrogen) atoms. The molecule has 0 saturated carbocycles. The molecule has 2 saturated heterocycles. The summed E-state index contributed by atoms with van der Waals surface area (Å²) in [7, 11) is 0. The topological polar surface area (TPSA) is 35.5 Å². The molecule has 156 valence electrons. The second-order valence-corrected chi connectivity index (χ2v) is 9.33. The maximum Gasteiger partial charge on any atom is 0.334 e. The average Bonchev–Trinajstić information content (AvgIpc) is 3.40. The van der Waals surface area contributed by atoms with E-state index in [0.29, 0.717) is 17.6 Å². The normalized spacial score (nSPS) is 27.8. The van der Waals surface area contributed by atoms with E-state index in [0.717, 1.165) is 42.4 Å². The lowest BCUT2D eigenvalue weighted by Gasteiger charge is -2.42. The van der Waals surface area contributed by atoms with Crippen molar-refractivity contribution in [1.29, 1.82) is 0 Å². The van der Waals surface area contributed by atoms with Gasteiger partial charge in [-0.25, -0.2) is 4.79 Å². The number of benzene rings is 3. The first-order valence-corrected chi connectivity index (χ1v) is 11.2. The number of carbonyl (C=O) groups is 1. The Labute approximate surface area is 182 Å². The molecule has 2 fully saturated rings. The fourth-order valence-electron chi connectivity index (χ4n) is 6.06. The van der Waals surface area contributed by atoms with Gasteiger partial charge in [0.2, 0.25) is 0 Å². The number of hydrogen-bond donors (Lipinski definition) is 0. The molecule has 3 nitrogen and oxygen atoms in total. The number of fused-ring (bicyclic) bond motifs is 4. The maximum atomic E-state index is 13.0. The van der Waals surface area contributed by atoms with Crippen molar-refractivity contribution < 1.29 is 14.3 Å².